The summed E-state index contributed by atoms with van der Waals surface area (Å²) in [6, 6.07) is 37.4. The van der Waals surface area contributed by atoms with Crippen molar-refractivity contribution in [3.63, 3.8) is 0 Å². The number of carbonyl (C=O) groups excluding carboxylic acids is 2. The highest BCUT2D eigenvalue weighted by molar-refractivity contribution is 6.53. The number of hydrogen-bond donors (Lipinski definition) is 0. The average molecular weight is 466 g/mol. The number of para-hydroxylation sites is 1. The molecule has 1 aliphatic rings. The van der Waals surface area contributed by atoms with Crippen molar-refractivity contribution in [1.29, 1.82) is 0 Å². The van der Waals surface area contributed by atoms with Crippen LogP contribution in [-0.4, -0.2) is 11.7 Å². The van der Waals surface area contributed by atoms with Crippen molar-refractivity contribution in [3.8, 4) is 22.3 Å². The van der Waals surface area contributed by atoms with Crippen molar-refractivity contribution in [2.45, 2.75) is 0 Å². The zero-order chi connectivity index (χ0) is 24.2. The van der Waals surface area contributed by atoms with Crippen molar-refractivity contribution in [1.82, 2.24) is 0 Å². The highest BCUT2D eigenvalue weighted by Gasteiger charge is 2.37. The molecule has 1 amide bonds. The molecular formula is C32H19NO3. The number of fused-ring (bicyclic) bond motifs is 4. The Balaban J connectivity index is 1.31. The molecule has 36 heavy (non-hydrogen) atoms. The van der Waals surface area contributed by atoms with Gasteiger partial charge in [-0.1, -0.05) is 72.8 Å². The van der Waals surface area contributed by atoms with Gasteiger partial charge in [0.05, 0.1) is 16.9 Å². The van der Waals surface area contributed by atoms with E-state index in [1.54, 1.807) is 0 Å². The summed E-state index contributed by atoms with van der Waals surface area (Å²) in [5.41, 5.74) is 7.29. The monoisotopic (exact) mass is 465 g/mol. The van der Waals surface area contributed by atoms with Gasteiger partial charge in [-0.05, 0) is 64.7 Å². The molecule has 4 nitrogen and oxygen atoms in total. The minimum Gasteiger partial charge on any atom is -0.456 e. The van der Waals surface area contributed by atoms with Crippen LogP contribution in [0.3, 0.4) is 0 Å². The summed E-state index contributed by atoms with van der Waals surface area (Å²) in [6.45, 7) is 0. The molecular weight excluding hydrogens is 446 g/mol. The van der Waals surface area contributed by atoms with Crippen molar-refractivity contribution in [2.75, 3.05) is 4.90 Å². The van der Waals surface area contributed by atoms with Crippen molar-refractivity contribution in [2.24, 2.45) is 0 Å². The van der Waals surface area contributed by atoms with E-state index in [1.165, 1.54) is 4.90 Å². The number of carbonyl (C=O) groups is 2. The van der Waals surface area contributed by atoms with E-state index in [9.17, 15) is 9.59 Å². The predicted octanol–water partition coefficient (Wildman–Crippen LogP) is 7.78. The number of furan rings is 1. The van der Waals surface area contributed by atoms with Gasteiger partial charge in [-0.15, -0.1) is 0 Å². The third-order valence-corrected chi connectivity index (χ3v) is 6.80. The Hall–Kier alpha value is -4.96. The molecule has 0 bridgehead atoms. The smallest absolute Gasteiger partial charge is 0.304 e. The zero-order valence-corrected chi connectivity index (χ0v) is 19.1. The first-order chi connectivity index (χ1) is 17.7. The minimum absolute atomic E-state index is 0.416. The van der Waals surface area contributed by atoms with Crippen LogP contribution < -0.4 is 4.90 Å². The van der Waals surface area contributed by atoms with Crippen LogP contribution in [0.1, 0.15) is 10.4 Å². The molecule has 6 aromatic rings. The molecule has 7 rings (SSSR count). The van der Waals surface area contributed by atoms with Gasteiger partial charge in [0, 0.05) is 10.8 Å². The molecule has 0 aliphatic carbocycles. The summed E-state index contributed by atoms with van der Waals surface area (Å²) in [4.78, 5) is 27.7. The minimum atomic E-state index is -0.549. The van der Waals surface area contributed by atoms with Gasteiger partial charge in [0.15, 0.2) is 0 Å². The van der Waals surface area contributed by atoms with Crippen molar-refractivity contribution in [3.05, 3.63) is 121 Å². The van der Waals surface area contributed by atoms with Crippen molar-refractivity contribution < 1.29 is 14.0 Å². The van der Waals surface area contributed by atoms with E-state index in [-0.39, 0.29) is 0 Å². The first kappa shape index (κ1) is 20.4. The van der Waals surface area contributed by atoms with Crippen LogP contribution in [0.25, 0.3) is 44.2 Å². The lowest BCUT2D eigenvalue weighted by molar-refractivity contribution is -0.113. The molecule has 170 valence electrons. The van der Waals surface area contributed by atoms with E-state index in [2.05, 4.69) is 24.3 Å². The Morgan fingerprint density at radius 2 is 1.22 bits per heavy atom. The highest BCUT2D eigenvalue weighted by Crippen LogP contribution is 2.40. The van der Waals surface area contributed by atoms with Gasteiger partial charge in [0.1, 0.15) is 11.2 Å². The van der Waals surface area contributed by atoms with Crippen LogP contribution in [0.2, 0.25) is 0 Å². The Bertz CT molecular complexity index is 1830. The number of hydrogen-bond acceptors (Lipinski definition) is 3. The predicted molar refractivity (Wildman–Crippen MR) is 143 cm³/mol. The van der Waals surface area contributed by atoms with E-state index < -0.39 is 11.7 Å². The van der Waals surface area contributed by atoms with E-state index in [0.717, 1.165) is 44.2 Å². The van der Waals surface area contributed by atoms with Crippen molar-refractivity contribution >= 4 is 45.0 Å². The van der Waals surface area contributed by atoms with Gasteiger partial charge in [0.2, 0.25) is 0 Å². The average Bonchev–Trinajstić information content (AvgIpc) is 3.43. The Labute approximate surface area is 207 Å². The molecule has 4 heteroatoms. The lowest BCUT2D eigenvalue weighted by Gasteiger charge is -2.17. The maximum absolute atomic E-state index is 13.1. The van der Waals surface area contributed by atoms with Crippen LogP contribution in [0, 0.1) is 0 Å². The Kier molecular flexibility index (Phi) is 4.42. The second-order valence-electron chi connectivity index (χ2n) is 8.93. The summed E-state index contributed by atoms with van der Waals surface area (Å²) in [5.74, 6) is -1.05. The fourth-order valence-electron chi connectivity index (χ4n) is 5.04. The largest absolute Gasteiger partial charge is 0.456 e. The maximum Gasteiger partial charge on any atom is 0.304 e. The van der Waals surface area contributed by atoms with Crippen LogP contribution >= 0.6 is 0 Å². The van der Waals surface area contributed by atoms with Gasteiger partial charge < -0.3 is 4.42 Å². The standard InChI is InChI=1S/C32H19NO3/c34-31-27-18-23(22-10-6-9-21(17-22)20-7-2-1-3-8-20)13-15-28(27)33(32(31)35)24-14-16-30-26(19-24)25-11-4-5-12-29(25)36-30/h1-19H. The van der Waals surface area contributed by atoms with Gasteiger partial charge in [-0.2, -0.15) is 0 Å². The van der Waals surface area contributed by atoms with Crippen LogP contribution in [0.5, 0.6) is 0 Å². The Morgan fingerprint density at radius 3 is 2.08 bits per heavy atom. The third kappa shape index (κ3) is 3.08. The molecule has 0 N–H and O–H groups in total. The maximum atomic E-state index is 13.1. The van der Waals surface area contributed by atoms with Crippen LogP contribution in [-0.2, 0) is 4.79 Å². The lowest BCUT2D eigenvalue weighted by Crippen LogP contribution is -2.24. The molecule has 2 heterocycles. The number of rotatable bonds is 3. The summed E-state index contributed by atoms with van der Waals surface area (Å²) in [7, 11) is 0. The number of amides is 1. The first-order valence-electron chi connectivity index (χ1n) is 11.8. The highest BCUT2D eigenvalue weighted by atomic mass is 16.3. The summed E-state index contributed by atoms with van der Waals surface area (Å²) >= 11 is 0. The molecule has 0 radical (unpaired) electrons. The molecule has 0 saturated carbocycles. The molecule has 0 spiro atoms. The summed E-state index contributed by atoms with van der Waals surface area (Å²) in [6.07, 6.45) is 0. The first-order valence-corrected chi connectivity index (χ1v) is 11.8. The lowest BCUT2D eigenvalue weighted by atomic mass is 9.97. The van der Waals surface area contributed by atoms with Gasteiger partial charge in [-0.3, -0.25) is 14.5 Å². The fraction of sp³-hybridized carbons (Fsp3) is 0. The molecule has 5 aromatic carbocycles. The molecule has 1 aromatic heterocycles. The molecule has 0 unspecified atom stereocenters. The van der Waals surface area contributed by atoms with Gasteiger partial charge >= 0.3 is 5.91 Å². The van der Waals surface area contributed by atoms with Gasteiger partial charge in [-0.25, -0.2) is 0 Å². The number of nitrogens with zero attached hydrogens (tertiary/aromatic N) is 1. The quantitative estimate of drug-likeness (QED) is 0.251. The van der Waals surface area contributed by atoms with Gasteiger partial charge in [0.25, 0.3) is 5.78 Å². The van der Waals surface area contributed by atoms with E-state index >= 15 is 0 Å². The second kappa shape index (κ2) is 7.79. The molecule has 0 fully saturated rings. The van der Waals surface area contributed by atoms with E-state index in [4.69, 9.17) is 4.42 Å². The van der Waals surface area contributed by atoms with E-state index in [1.807, 2.05) is 91.0 Å². The molecule has 1 aliphatic heterocycles. The number of anilines is 2. The number of Topliss-reactive ketones (excluding diaryl/α,β-unsaturated/α-hetero) is 1. The topological polar surface area (TPSA) is 50.5 Å². The molecule has 0 saturated heterocycles. The fourth-order valence-corrected chi connectivity index (χ4v) is 5.04. The Morgan fingerprint density at radius 1 is 0.528 bits per heavy atom. The third-order valence-electron chi connectivity index (χ3n) is 6.80. The van der Waals surface area contributed by atoms with Crippen LogP contribution in [0.15, 0.2) is 120 Å². The number of benzene rings is 5. The SMILES string of the molecule is O=C1C(=O)N(c2ccc3oc4ccccc4c3c2)c2ccc(-c3cccc(-c4ccccc4)c3)cc21. The summed E-state index contributed by atoms with van der Waals surface area (Å²) < 4.78 is 5.92. The summed E-state index contributed by atoms with van der Waals surface area (Å²) in [5, 5.41) is 1.88. The second-order valence-corrected chi connectivity index (χ2v) is 8.93. The normalized spacial score (nSPS) is 13.1. The number of ketones is 1. The van der Waals surface area contributed by atoms with Crippen LogP contribution in [0.4, 0.5) is 11.4 Å². The van der Waals surface area contributed by atoms with E-state index in [0.29, 0.717) is 16.9 Å². The zero-order valence-electron chi connectivity index (χ0n) is 19.1. The molecule has 0 atom stereocenters.